The van der Waals surface area contributed by atoms with E-state index in [4.69, 9.17) is 0 Å². The second-order valence-electron chi connectivity index (χ2n) is 3.26. The van der Waals surface area contributed by atoms with Crippen LogP contribution in [0, 0.1) is 4.91 Å². The SMILES string of the molecule is O=NOC1CN2CC(O)N1C(O)C2. The number of piperazine rings is 3. The van der Waals surface area contributed by atoms with Crippen molar-refractivity contribution in [1.29, 1.82) is 0 Å². The molecule has 0 aliphatic carbocycles. The fraction of sp³-hybridized carbons (Fsp3) is 1.00. The summed E-state index contributed by atoms with van der Waals surface area (Å²) in [5.74, 6) is 0. The summed E-state index contributed by atoms with van der Waals surface area (Å²) in [6.45, 7) is 1.42. The van der Waals surface area contributed by atoms with Crippen molar-refractivity contribution in [3.05, 3.63) is 4.91 Å². The van der Waals surface area contributed by atoms with Crippen molar-refractivity contribution in [2.45, 2.75) is 18.7 Å². The number of nitrogens with zero attached hydrogens (tertiary/aromatic N) is 3. The number of aliphatic hydroxyl groups is 2. The highest BCUT2D eigenvalue weighted by atomic mass is 16.7. The maximum Gasteiger partial charge on any atom is 0.201 e. The van der Waals surface area contributed by atoms with E-state index >= 15 is 0 Å². The molecule has 2 N–H and O–H groups in total. The first-order valence-corrected chi connectivity index (χ1v) is 4.07. The van der Waals surface area contributed by atoms with Crippen LogP contribution in [0.1, 0.15) is 0 Å². The second kappa shape index (κ2) is 3.18. The Kier molecular flexibility index (Phi) is 2.16. The first kappa shape index (κ1) is 8.82. The molecule has 0 radical (unpaired) electrons. The molecule has 0 aromatic carbocycles. The number of aliphatic hydroxyl groups excluding tert-OH is 2. The third-order valence-electron chi connectivity index (χ3n) is 2.44. The summed E-state index contributed by atoms with van der Waals surface area (Å²) >= 11 is 0. The predicted molar refractivity (Wildman–Crippen MR) is 41.0 cm³/mol. The summed E-state index contributed by atoms with van der Waals surface area (Å²) < 4.78 is 0. The quantitative estimate of drug-likeness (QED) is 0.397. The van der Waals surface area contributed by atoms with Gasteiger partial charge in [-0.05, 0) is 0 Å². The van der Waals surface area contributed by atoms with Gasteiger partial charge in [-0.2, -0.15) is 0 Å². The van der Waals surface area contributed by atoms with E-state index in [9.17, 15) is 15.1 Å². The highest BCUT2D eigenvalue weighted by molar-refractivity contribution is 4.88. The molecule has 3 fully saturated rings. The number of rotatable bonds is 2. The molecule has 7 nitrogen and oxygen atoms in total. The van der Waals surface area contributed by atoms with E-state index in [1.807, 2.05) is 4.90 Å². The van der Waals surface area contributed by atoms with Gasteiger partial charge >= 0.3 is 0 Å². The highest BCUT2D eigenvalue weighted by Crippen LogP contribution is 2.24. The maximum atomic E-state index is 9.88. The van der Waals surface area contributed by atoms with Crippen LogP contribution in [-0.2, 0) is 4.84 Å². The molecule has 0 saturated carbocycles. The molecule has 0 aromatic rings. The summed E-state index contributed by atoms with van der Waals surface area (Å²) in [7, 11) is 0. The molecule has 3 unspecified atom stereocenters. The molecule has 0 spiro atoms. The third kappa shape index (κ3) is 1.39. The Morgan fingerprint density at radius 1 is 1.23 bits per heavy atom. The fourth-order valence-corrected chi connectivity index (χ4v) is 1.91. The Bertz CT molecular complexity index is 202. The minimum absolute atomic E-state index is 0.468. The molecule has 13 heavy (non-hydrogen) atoms. The average molecular weight is 189 g/mol. The van der Waals surface area contributed by atoms with Crippen molar-refractivity contribution in [2.24, 2.45) is 5.34 Å². The zero-order valence-electron chi connectivity index (χ0n) is 6.91. The smallest absolute Gasteiger partial charge is 0.201 e. The minimum Gasteiger partial charge on any atom is -0.377 e. The highest BCUT2D eigenvalue weighted by Gasteiger charge is 2.45. The number of hydrogen-bond acceptors (Lipinski definition) is 7. The molecular weight excluding hydrogens is 178 g/mol. The van der Waals surface area contributed by atoms with Gasteiger partial charge in [-0.15, -0.1) is 4.91 Å². The lowest BCUT2D eigenvalue weighted by molar-refractivity contribution is -0.269. The van der Waals surface area contributed by atoms with Crippen LogP contribution in [0.25, 0.3) is 0 Å². The summed E-state index contributed by atoms with van der Waals surface area (Å²) in [6, 6.07) is 0. The van der Waals surface area contributed by atoms with Crippen molar-refractivity contribution in [3.8, 4) is 0 Å². The van der Waals surface area contributed by atoms with Crippen molar-refractivity contribution in [3.63, 3.8) is 0 Å². The topological polar surface area (TPSA) is 85.6 Å². The van der Waals surface area contributed by atoms with Crippen LogP contribution in [0.2, 0.25) is 0 Å². The fourth-order valence-electron chi connectivity index (χ4n) is 1.91. The Morgan fingerprint density at radius 2 is 1.85 bits per heavy atom. The Labute approximate surface area is 74.4 Å². The first-order chi connectivity index (χ1) is 6.22. The van der Waals surface area contributed by atoms with Gasteiger partial charge in [0.15, 0.2) is 5.34 Å². The Hall–Kier alpha value is -0.760. The molecule has 2 bridgehead atoms. The standard InChI is InChI=1S/C6H11N3O4/c10-4-1-8-2-5(11)9(4)6(3-8)13-7-12/h4-6,10-11H,1-3H2. The van der Waals surface area contributed by atoms with Crippen LogP contribution in [-0.4, -0.2) is 58.3 Å². The number of hydrogen-bond donors (Lipinski definition) is 2. The van der Waals surface area contributed by atoms with Gasteiger partial charge in [0, 0.05) is 13.1 Å². The molecule has 3 heterocycles. The van der Waals surface area contributed by atoms with E-state index in [-0.39, 0.29) is 0 Å². The van der Waals surface area contributed by atoms with E-state index in [2.05, 4.69) is 10.2 Å². The van der Waals surface area contributed by atoms with E-state index in [0.717, 1.165) is 0 Å². The predicted octanol–water partition coefficient (Wildman–Crippen LogP) is -1.72. The van der Waals surface area contributed by atoms with E-state index in [1.54, 1.807) is 0 Å². The van der Waals surface area contributed by atoms with Gasteiger partial charge in [-0.3, -0.25) is 4.90 Å². The van der Waals surface area contributed by atoms with Crippen LogP contribution in [0.5, 0.6) is 0 Å². The molecule has 0 aromatic heterocycles. The van der Waals surface area contributed by atoms with Crippen LogP contribution in [0.4, 0.5) is 0 Å². The lowest BCUT2D eigenvalue weighted by Crippen LogP contribution is -2.70. The van der Waals surface area contributed by atoms with Gasteiger partial charge < -0.3 is 15.1 Å². The summed E-state index contributed by atoms with van der Waals surface area (Å²) in [6.07, 6.45) is -2.21. The van der Waals surface area contributed by atoms with Gasteiger partial charge in [0.25, 0.3) is 0 Å². The molecule has 3 aliphatic heterocycles. The molecule has 0 amide bonds. The molecule has 3 atom stereocenters. The zero-order valence-corrected chi connectivity index (χ0v) is 6.91. The van der Waals surface area contributed by atoms with Gasteiger partial charge in [0.1, 0.15) is 12.5 Å². The minimum atomic E-state index is -0.788. The van der Waals surface area contributed by atoms with Crippen LogP contribution >= 0.6 is 0 Å². The first-order valence-electron chi connectivity index (χ1n) is 4.07. The van der Waals surface area contributed by atoms with Crippen molar-refractivity contribution in [2.75, 3.05) is 19.6 Å². The van der Waals surface area contributed by atoms with E-state index in [1.165, 1.54) is 4.90 Å². The number of fused-ring (bicyclic) bond motifs is 3. The molecule has 7 heteroatoms. The molecular formula is C6H11N3O4. The Balaban J connectivity index is 2.11. The largest absolute Gasteiger partial charge is 0.377 e. The molecule has 74 valence electrons. The normalized spacial score (nSPS) is 48.9. The van der Waals surface area contributed by atoms with Gasteiger partial charge in [0.2, 0.25) is 6.23 Å². The molecule has 3 rings (SSSR count). The monoisotopic (exact) mass is 189 g/mol. The van der Waals surface area contributed by atoms with E-state index < -0.39 is 18.7 Å². The molecule has 3 saturated heterocycles. The van der Waals surface area contributed by atoms with Crippen molar-refractivity contribution >= 4 is 0 Å². The second-order valence-corrected chi connectivity index (χ2v) is 3.26. The van der Waals surface area contributed by atoms with Crippen LogP contribution in [0.15, 0.2) is 5.34 Å². The van der Waals surface area contributed by atoms with Gasteiger partial charge in [-0.25, -0.2) is 4.90 Å². The Morgan fingerprint density at radius 3 is 2.31 bits per heavy atom. The van der Waals surface area contributed by atoms with Crippen molar-refractivity contribution < 1.29 is 15.1 Å². The zero-order chi connectivity index (χ0) is 9.42. The van der Waals surface area contributed by atoms with Crippen LogP contribution < -0.4 is 0 Å². The van der Waals surface area contributed by atoms with Crippen LogP contribution in [0.3, 0.4) is 0 Å². The average Bonchev–Trinajstić information content (AvgIpc) is 2.02. The van der Waals surface area contributed by atoms with Crippen molar-refractivity contribution in [1.82, 2.24) is 9.80 Å². The maximum absolute atomic E-state index is 9.88. The summed E-state index contributed by atoms with van der Waals surface area (Å²) in [5.41, 5.74) is 0. The lowest BCUT2D eigenvalue weighted by atomic mass is 10.1. The van der Waals surface area contributed by atoms with Gasteiger partial charge in [-0.1, -0.05) is 0 Å². The lowest BCUT2D eigenvalue weighted by Gasteiger charge is -2.50. The van der Waals surface area contributed by atoms with E-state index in [0.29, 0.717) is 19.6 Å². The summed E-state index contributed by atoms with van der Waals surface area (Å²) in [4.78, 5) is 17.5. The summed E-state index contributed by atoms with van der Waals surface area (Å²) in [5, 5.41) is 21.2. The molecule has 3 aliphatic rings. The third-order valence-corrected chi connectivity index (χ3v) is 2.44. The van der Waals surface area contributed by atoms with Gasteiger partial charge in [0.05, 0.1) is 6.54 Å².